The average molecular weight is 434 g/mol. The molecule has 152 valence electrons. The first-order valence-corrected chi connectivity index (χ1v) is 10.6. The number of anilines is 2. The topological polar surface area (TPSA) is 92.5 Å². The van der Waals surface area contributed by atoms with Crippen molar-refractivity contribution in [1.29, 1.82) is 0 Å². The van der Waals surface area contributed by atoms with Crippen LogP contribution in [0, 0.1) is 6.92 Å². The molecule has 0 aliphatic carbocycles. The minimum Gasteiger partial charge on any atom is -0.438 e. The number of sulfonamides is 1. The molecular weight excluding hydrogens is 414 g/mol. The van der Waals surface area contributed by atoms with Crippen LogP contribution in [0.5, 0.6) is 0 Å². The van der Waals surface area contributed by atoms with E-state index in [1.807, 2.05) is 0 Å². The van der Waals surface area contributed by atoms with Gasteiger partial charge >= 0.3 is 0 Å². The van der Waals surface area contributed by atoms with E-state index in [0.717, 1.165) is 0 Å². The number of aryl methyl sites for hydroxylation is 1. The van der Waals surface area contributed by atoms with Crippen LogP contribution >= 0.6 is 11.6 Å². The summed E-state index contributed by atoms with van der Waals surface area (Å²) in [7, 11) is -3.88. The van der Waals surface area contributed by atoms with Gasteiger partial charge < -0.3 is 9.73 Å². The number of halogens is 1. The van der Waals surface area contributed by atoms with Crippen LogP contribution in [0.1, 0.15) is 30.1 Å². The van der Waals surface area contributed by atoms with Crippen molar-refractivity contribution in [3.63, 3.8) is 0 Å². The summed E-state index contributed by atoms with van der Waals surface area (Å²) in [5, 5.41) is 3.16. The first-order valence-electron chi connectivity index (χ1n) is 8.81. The van der Waals surface area contributed by atoms with Crippen molar-refractivity contribution in [2.45, 2.75) is 31.7 Å². The molecule has 0 spiro atoms. The van der Waals surface area contributed by atoms with Crippen LogP contribution in [-0.4, -0.2) is 25.4 Å². The Morgan fingerprint density at radius 3 is 2.45 bits per heavy atom. The Hall–Kier alpha value is -2.84. The number of oxazole rings is 1. The highest BCUT2D eigenvalue weighted by Gasteiger charge is 2.28. The molecule has 29 heavy (non-hydrogen) atoms. The molecule has 3 rings (SSSR count). The van der Waals surface area contributed by atoms with Crippen LogP contribution in [0.2, 0.25) is 5.02 Å². The maximum atomic E-state index is 13.3. The van der Waals surface area contributed by atoms with E-state index >= 15 is 0 Å². The molecule has 0 atom stereocenters. The molecule has 1 heterocycles. The van der Waals surface area contributed by atoms with Gasteiger partial charge in [0.2, 0.25) is 5.76 Å². The number of benzene rings is 2. The zero-order valence-electron chi connectivity index (χ0n) is 16.1. The third kappa shape index (κ3) is 4.44. The molecule has 7 nitrogen and oxygen atoms in total. The summed E-state index contributed by atoms with van der Waals surface area (Å²) in [4.78, 5) is 16.3. The van der Waals surface area contributed by atoms with Crippen LogP contribution in [0.25, 0.3) is 0 Å². The fraction of sp³-hybridized carbons (Fsp3) is 0.200. The van der Waals surface area contributed by atoms with Gasteiger partial charge in [0.1, 0.15) is 0 Å². The van der Waals surface area contributed by atoms with E-state index < -0.39 is 15.9 Å². The normalized spacial score (nSPS) is 11.5. The van der Waals surface area contributed by atoms with Gasteiger partial charge in [0.05, 0.1) is 16.3 Å². The summed E-state index contributed by atoms with van der Waals surface area (Å²) in [6.07, 6.45) is 1.18. The minimum absolute atomic E-state index is 0.0493. The Morgan fingerprint density at radius 1 is 1.17 bits per heavy atom. The second-order valence-corrected chi connectivity index (χ2v) is 8.87. The first-order chi connectivity index (χ1) is 13.7. The molecule has 0 aliphatic heterocycles. The Labute approximate surface area is 174 Å². The number of hydrogen-bond donors (Lipinski definition) is 1. The smallest absolute Gasteiger partial charge is 0.293 e. The summed E-state index contributed by atoms with van der Waals surface area (Å²) in [6, 6.07) is 12.3. The highest BCUT2D eigenvalue weighted by Crippen LogP contribution is 2.28. The van der Waals surface area contributed by atoms with Crippen LogP contribution in [0.15, 0.2) is 64.2 Å². The molecule has 9 heteroatoms. The van der Waals surface area contributed by atoms with Crippen molar-refractivity contribution in [2.24, 2.45) is 0 Å². The molecule has 0 unspecified atom stereocenters. The van der Waals surface area contributed by atoms with Crippen molar-refractivity contribution >= 4 is 38.9 Å². The van der Waals surface area contributed by atoms with Crippen molar-refractivity contribution < 1.29 is 17.6 Å². The Balaban J connectivity index is 1.94. The summed E-state index contributed by atoms with van der Waals surface area (Å²) < 4.78 is 33.0. The monoisotopic (exact) mass is 433 g/mol. The standard InChI is InChI=1S/C20H20ClN3O4S/c1-13(2)24(17-9-7-15(21)8-10-17)29(26,27)18-6-4-5-16(11-18)23-20(25)19-14(3)22-12-28-19/h4-13H,1-3H3,(H,23,25). The van der Waals surface area contributed by atoms with E-state index in [2.05, 4.69) is 10.3 Å². The molecule has 0 radical (unpaired) electrons. The average Bonchev–Trinajstić information content (AvgIpc) is 3.09. The maximum Gasteiger partial charge on any atom is 0.293 e. The highest BCUT2D eigenvalue weighted by molar-refractivity contribution is 7.92. The molecule has 2 aromatic carbocycles. The quantitative estimate of drug-likeness (QED) is 0.618. The molecule has 0 saturated heterocycles. The Morgan fingerprint density at radius 2 is 1.86 bits per heavy atom. The van der Waals surface area contributed by atoms with Gasteiger partial charge in [0.25, 0.3) is 15.9 Å². The van der Waals surface area contributed by atoms with Crippen molar-refractivity contribution in [3.8, 4) is 0 Å². The number of rotatable bonds is 6. The lowest BCUT2D eigenvalue weighted by atomic mass is 10.3. The van der Waals surface area contributed by atoms with Crippen molar-refractivity contribution in [2.75, 3.05) is 9.62 Å². The first kappa shape index (κ1) is 20.9. The number of aromatic nitrogens is 1. The van der Waals surface area contributed by atoms with Gasteiger partial charge in [-0.3, -0.25) is 9.10 Å². The number of hydrogen-bond acceptors (Lipinski definition) is 5. The Kier molecular flexibility index (Phi) is 5.95. The second-order valence-electron chi connectivity index (χ2n) is 6.62. The predicted octanol–water partition coefficient (Wildman–Crippen LogP) is 4.49. The van der Waals surface area contributed by atoms with Gasteiger partial charge in [-0.05, 0) is 63.2 Å². The van der Waals surface area contributed by atoms with Crippen LogP contribution < -0.4 is 9.62 Å². The van der Waals surface area contributed by atoms with E-state index in [1.54, 1.807) is 57.2 Å². The van der Waals surface area contributed by atoms with E-state index in [1.165, 1.54) is 22.8 Å². The SMILES string of the molecule is Cc1ncoc1C(=O)Nc1cccc(S(=O)(=O)N(c2ccc(Cl)cc2)C(C)C)c1. The molecular formula is C20H20ClN3O4S. The fourth-order valence-corrected chi connectivity index (χ4v) is 4.69. The van der Waals surface area contributed by atoms with Crippen LogP contribution in [0.3, 0.4) is 0 Å². The highest BCUT2D eigenvalue weighted by atomic mass is 35.5. The predicted molar refractivity (Wildman–Crippen MR) is 112 cm³/mol. The molecule has 0 saturated carbocycles. The van der Waals surface area contributed by atoms with E-state index in [-0.39, 0.29) is 16.7 Å². The lowest BCUT2D eigenvalue weighted by Crippen LogP contribution is -2.37. The molecule has 0 bridgehead atoms. The lowest BCUT2D eigenvalue weighted by molar-refractivity contribution is 0.0996. The third-order valence-electron chi connectivity index (χ3n) is 4.15. The van der Waals surface area contributed by atoms with Gasteiger partial charge in [-0.15, -0.1) is 0 Å². The van der Waals surface area contributed by atoms with Crippen LogP contribution in [-0.2, 0) is 10.0 Å². The molecule has 0 fully saturated rings. The van der Waals surface area contributed by atoms with Crippen molar-refractivity contribution in [3.05, 3.63) is 71.4 Å². The maximum absolute atomic E-state index is 13.3. The van der Waals surface area contributed by atoms with E-state index in [0.29, 0.717) is 22.1 Å². The number of carbonyl (C=O) groups excluding carboxylic acids is 1. The lowest BCUT2D eigenvalue weighted by Gasteiger charge is -2.28. The van der Waals surface area contributed by atoms with Gasteiger partial charge in [-0.2, -0.15) is 0 Å². The molecule has 1 N–H and O–H groups in total. The summed E-state index contributed by atoms with van der Waals surface area (Å²) in [5.74, 6) is -0.434. The van der Waals surface area contributed by atoms with Gasteiger partial charge in [0.15, 0.2) is 6.39 Å². The van der Waals surface area contributed by atoms with E-state index in [4.69, 9.17) is 16.0 Å². The van der Waals surface area contributed by atoms with Gasteiger partial charge in [-0.25, -0.2) is 13.4 Å². The second kappa shape index (κ2) is 8.26. The largest absolute Gasteiger partial charge is 0.438 e. The van der Waals surface area contributed by atoms with Gasteiger partial charge in [-0.1, -0.05) is 17.7 Å². The fourth-order valence-electron chi connectivity index (χ4n) is 2.86. The Bertz CT molecular complexity index is 1120. The third-order valence-corrected chi connectivity index (χ3v) is 6.40. The summed E-state index contributed by atoms with van der Waals surface area (Å²) in [5.41, 5.74) is 1.27. The number of amides is 1. The van der Waals surface area contributed by atoms with E-state index in [9.17, 15) is 13.2 Å². The molecule has 1 amide bonds. The minimum atomic E-state index is -3.88. The molecule has 0 aliphatic rings. The van der Waals surface area contributed by atoms with Gasteiger partial charge in [0, 0.05) is 16.8 Å². The number of nitrogens with one attached hydrogen (secondary N) is 1. The zero-order valence-corrected chi connectivity index (χ0v) is 17.7. The molecule has 1 aromatic heterocycles. The number of carbonyl (C=O) groups is 1. The zero-order chi connectivity index (χ0) is 21.2. The van der Waals surface area contributed by atoms with Crippen LogP contribution in [0.4, 0.5) is 11.4 Å². The summed E-state index contributed by atoms with van der Waals surface area (Å²) >= 11 is 5.93. The summed E-state index contributed by atoms with van der Waals surface area (Å²) in [6.45, 7) is 5.21. The molecule has 3 aromatic rings. The van der Waals surface area contributed by atoms with Crippen molar-refractivity contribution in [1.82, 2.24) is 4.98 Å². The number of nitrogens with zero attached hydrogens (tertiary/aromatic N) is 2.